The van der Waals surface area contributed by atoms with Crippen LogP contribution in [-0.4, -0.2) is 42.9 Å². The third-order valence-corrected chi connectivity index (χ3v) is 1.81. The summed E-state index contributed by atoms with van der Waals surface area (Å²) < 4.78 is 4.82. The van der Waals surface area contributed by atoms with Gasteiger partial charge in [0.1, 0.15) is 6.04 Å². The summed E-state index contributed by atoms with van der Waals surface area (Å²) in [7, 11) is 1.53. The van der Waals surface area contributed by atoms with Crippen LogP contribution >= 0.6 is 0 Å². The van der Waals surface area contributed by atoms with Gasteiger partial charge in [0.25, 0.3) is 0 Å². The van der Waals surface area contributed by atoms with Crippen LogP contribution in [0, 0.1) is 0 Å². The molecule has 6 nitrogen and oxygen atoms in total. The van der Waals surface area contributed by atoms with Gasteiger partial charge in [0.05, 0.1) is 12.6 Å². The third kappa shape index (κ3) is 5.90. The van der Waals surface area contributed by atoms with E-state index < -0.39 is 18.0 Å². The summed E-state index contributed by atoms with van der Waals surface area (Å²) in [6.45, 7) is 3.85. The van der Waals surface area contributed by atoms with Crippen molar-refractivity contribution >= 4 is 12.0 Å². The van der Waals surface area contributed by atoms with Crippen LogP contribution in [0.1, 0.15) is 20.3 Å². The second-order valence-electron chi connectivity index (χ2n) is 3.27. The average Bonchev–Trinajstić information content (AvgIpc) is 2.13. The van der Waals surface area contributed by atoms with E-state index in [-0.39, 0.29) is 6.04 Å². The van der Waals surface area contributed by atoms with Gasteiger partial charge in [-0.2, -0.15) is 0 Å². The Labute approximate surface area is 89.0 Å². The Kier molecular flexibility index (Phi) is 6.44. The van der Waals surface area contributed by atoms with Gasteiger partial charge in [-0.1, -0.05) is 6.92 Å². The highest BCUT2D eigenvalue weighted by Crippen LogP contribution is 1.91. The van der Waals surface area contributed by atoms with Gasteiger partial charge in [0.15, 0.2) is 0 Å². The van der Waals surface area contributed by atoms with Crippen molar-refractivity contribution in [2.75, 3.05) is 13.7 Å². The Hall–Kier alpha value is -1.30. The summed E-state index contributed by atoms with van der Waals surface area (Å²) in [5, 5.41) is 13.6. The van der Waals surface area contributed by atoms with Crippen LogP contribution in [-0.2, 0) is 9.53 Å². The van der Waals surface area contributed by atoms with Gasteiger partial charge in [-0.3, -0.25) is 0 Å². The molecule has 0 aliphatic carbocycles. The first kappa shape index (κ1) is 13.7. The molecular weight excluding hydrogens is 200 g/mol. The first-order valence-corrected chi connectivity index (χ1v) is 4.80. The zero-order valence-corrected chi connectivity index (χ0v) is 9.24. The Balaban J connectivity index is 3.96. The highest BCUT2D eigenvalue weighted by Gasteiger charge is 2.18. The van der Waals surface area contributed by atoms with Gasteiger partial charge in [-0.15, -0.1) is 0 Å². The summed E-state index contributed by atoms with van der Waals surface area (Å²) in [6.07, 6.45) is 0.349. The number of rotatable bonds is 6. The third-order valence-electron chi connectivity index (χ3n) is 1.81. The Bertz CT molecular complexity index is 220. The van der Waals surface area contributed by atoms with Crippen LogP contribution < -0.4 is 10.6 Å². The largest absolute Gasteiger partial charge is 0.480 e. The molecule has 0 aromatic heterocycles. The van der Waals surface area contributed by atoms with E-state index in [0.717, 1.165) is 0 Å². The zero-order valence-electron chi connectivity index (χ0n) is 9.24. The van der Waals surface area contributed by atoms with Crippen molar-refractivity contribution in [3.63, 3.8) is 0 Å². The normalized spacial score (nSPS) is 14.1. The Morgan fingerprint density at radius 2 is 2.00 bits per heavy atom. The highest BCUT2D eigenvalue weighted by atomic mass is 16.5. The molecule has 0 saturated heterocycles. The number of carboxylic acids is 1. The highest BCUT2D eigenvalue weighted by molar-refractivity contribution is 5.82. The average molecular weight is 218 g/mol. The molecule has 2 unspecified atom stereocenters. The van der Waals surface area contributed by atoms with Crippen LogP contribution in [0.2, 0.25) is 0 Å². The molecule has 0 spiro atoms. The zero-order chi connectivity index (χ0) is 11.8. The molecule has 0 heterocycles. The van der Waals surface area contributed by atoms with Gasteiger partial charge in [-0.05, 0) is 13.3 Å². The second-order valence-corrected chi connectivity index (χ2v) is 3.27. The maximum Gasteiger partial charge on any atom is 0.326 e. The van der Waals surface area contributed by atoms with Gasteiger partial charge in [-0.25, -0.2) is 9.59 Å². The smallest absolute Gasteiger partial charge is 0.326 e. The molecule has 0 aliphatic heterocycles. The van der Waals surface area contributed by atoms with E-state index in [1.165, 1.54) is 7.11 Å². The number of nitrogens with one attached hydrogen (secondary N) is 2. The SMILES string of the molecule is CCC(NC(=O)NC(C)COC)C(=O)O. The van der Waals surface area contributed by atoms with Crippen LogP contribution in [0.3, 0.4) is 0 Å². The van der Waals surface area contributed by atoms with Crippen molar-refractivity contribution in [3.8, 4) is 0 Å². The lowest BCUT2D eigenvalue weighted by Crippen LogP contribution is -2.49. The van der Waals surface area contributed by atoms with Crippen molar-refractivity contribution in [2.24, 2.45) is 0 Å². The Morgan fingerprint density at radius 1 is 1.40 bits per heavy atom. The van der Waals surface area contributed by atoms with Crippen molar-refractivity contribution in [1.29, 1.82) is 0 Å². The van der Waals surface area contributed by atoms with Crippen LogP contribution in [0.15, 0.2) is 0 Å². The number of hydrogen-bond acceptors (Lipinski definition) is 3. The van der Waals surface area contributed by atoms with Crippen molar-refractivity contribution in [2.45, 2.75) is 32.4 Å². The fourth-order valence-corrected chi connectivity index (χ4v) is 1.05. The number of aliphatic carboxylic acids is 1. The van der Waals surface area contributed by atoms with Crippen LogP contribution in [0.5, 0.6) is 0 Å². The van der Waals surface area contributed by atoms with Gasteiger partial charge in [0.2, 0.25) is 0 Å². The summed E-state index contributed by atoms with van der Waals surface area (Å²) in [5.74, 6) is -1.04. The molecule has 6 heteroatoms. The molecule has 0 saturated carbocycles. The van der Waals surface area contributed by atoms with E-state index in [1.807, 2.05) is 0 Å². The number of urea groups is 1. The standard InChI is InChI=1S/C9H18N2O4/c1-4-7(8(12)13)11-9(14)10-6(2)5-15-3/h6-7H,4-5H2,1-3H3,(H,12,13)(H2,10,11,14). The van der Waals surface area contributed by atoms with Crippen molar-refractivity contribution < 1.29 is 19.4 Å². The first-order valence-electron chi connectivity index (χ1n) is 4.80. The number of ether oxygens (including phenoxy) is 1. The molecular formula is C9H18N2O4. The molecule has 15 heavy (non-hydrogen) atoms. The lowest BCUT2D eigenvalue weighted by Gasteiger charge is -2.16. The van der Waals surface area contributed by atoms with E-state index in [1.54, 1.807) is 13.8 Å². The van der Waals surface area contributed by atoms with E-state index in [2.05, 4.69) is 10.6 Å². The molecule has 0 radical (unpaired) electrons. The molecule has 0 fully saturated rings. The minimum atomic E-state index is -1.04. The molecule has 3 N–H and O–H groups in total. The number of carbonyl (C=O) groups excluding carboxylic acids is 1. The molecule has 0 rings (SSSR count). The summed E-state index contributed by atoms with van der Waals surface area (Å²) in [5.41, 5.74) is 0. The molecule has 0 aromatic rings. The minimum Gasteiger partial charge on any atom is -0.480 e. The number of hydrogen-bond donors (Lipinski definition) is 3. The van der Waals surface area contributed by atoms with Crippen LogP contribution in [0.25, 0.3) is 0 Å². The summed E-state index contributed by atoms with van der Waals surface area (Å²) in [4.78, 5) is 21.9. The fraction of sp³-hybridized carbons (Fsp3) is 0.778. The fourth-order valence-electron chi connectivity index (χ4n) is 1.05. The predicted octanol–water partition coefficient (Wildman–Crippen LogP) is 0.184. The second kappa shape index (κ2) is 7.05. The molecule has 0 aliphatic rings. The minimum absolute atomic E-state index is 0.152. The lowest BCUT2D eigenvalue weighted by atomic mass is 10.2. The van der Waals surface area contributed by atoms with E-state index in [0.29, 0.717) is 13.0 Å². The number of methoxy groups -OCH3 is 1. The van der Waals surface area contributed by atoms with Crippen LogP contribution in [0.4, 0.5) is 4.79 Å². The van der Waals surface area contributed by atoms with E-state index in [9.17, 15) is 9.59 Å². The van der Waals surface area contributed by atoms with Crippen molar-refractivity contribution in [1.82, 2.24) is 10.6 Å². The van der Waals surface area contributed by atoms with Gasteiger partial charge < -0.3 is 20.5 Å². The van der Waals surface area contributed by atoms with Crippen molar-refractivity contribution in [3.05, 3.63) is 0 Å². The molecule has 0 aromatic carbocycles. The molecule has 2 amide bonds. The molecule has 0 bridgehead atoms. The quantitative estimate of drug-likeness (QED) is 0.593. The summed E-state index contributed by atoms with van der Waals surface area (Å²) >= 11 is 0. The Morgan fingerprint density at radius 3 is 2.40 bits per heavy atom. The van der Waals surface area contributed by atoms with E-state index >= 15 is 0 Å². The number of amides is 2. The topological polar surface area (TPSA) is 87.7 Å². The lowest BCUT2D eigenvalue weighted by molar-refractivity contribution is -0.139. The molecule has 2 atom stereocenters. The van der Waals surface area contributed by atoms with E-state index in [4.69, 9.17) is 9.84 Å². The predicted molar refractivity (Wildman–Crippen MR) is 54.7 cm³/mol. The number of carbonyl (C=O) groups is 2. The maximum absolute atomic E-state index is 11.3. The van der Waals surface area contributed by atoms with Gasteiger partial charge >= 0.3 is 12.0 Å². The monoisotopic (exact) mass is 218 g/mol. The first-order chi connectivity index (χ1) is 7.01. The van der Waals surface area contributed by atoms with Gasteiger partial charge in [0, 0.05) is 7.11 Å². The summed E-state index contributed by atoms with van der Waals surface area (Å²) in [6, 6.07) is -1.49. The maximum atomic E-state index is 11.3. The molecule has 88 valence electrons. The number of carboxylic acid groups (broad SMARTS) is 1.